The molecule has 124 valence electrons. The molecule has 0 saturated heterocycles. The lowest BCUT2D eigenvalue weighted by Gasteiger charge is -2.22. The van der Waals surface area contributed by atoms with E-state index < -0.39 is 34.8 Å². The van der Waals surface area contributed by atoms with Crippen LogP contribution in [0.1, 0.15) is 12.5 Å². The van der Waals surface area contributed by atoms with Gasteiger partial charge in [-0.05, 0) is 6.92 Å². The summed E-state index contributed by atoms with van der Waals surface area (Å²) in [6.07, 6.45) is 3.00. The molecular weight excluding hydrogens is 313 g/mol. The van der Waals surface area contributed by atoms with Gasteiger partial charge in [0.2, 0.25) is 0 Å². The molecule has 2 amide bonds. The number of halogens is 3. The van der Waals surface area contributed by atoms with Crippen molar-refractivity contribution in [3.8, 4) is 0 Å². The summed E-state index contributed by atoms with van der Waals surface area (Å²) >= 11 is 0. The molecule has 3 N–H and O–H groups in total. The van der Waals surface area contributed by atoms with E-state index in [-0.39, 0.29) is 6.54 Å². The van der Waals surface area contributed by atoms with Crippen LogP contribution in [0.2, 0.25) is 0 Å². The van der Waals surface area contributed by atoms with Crippen LogP contribution in [-0.2, 0) is 12.6 Å². The van der Waals surface area contributed by atoms with Crippen LogP contribution < -0.4 is 10.6 Å². The summed E-state index contributed by atoms with van der Waals surface area (Å²) in [5, 5.41) is 18.4. The van der Waals surface area contributed by atoms with Gasteiger partial charge in [0.25, 0.3) is 0 Å². The summed E-state index contributed by atoms with van der Waals surface area (Å²) in [6.45, 7) is 1.22. The molecule has 0 aliphatic carbocycles. The van der Waals surface area contributed by atoms with E-state index >= 15 is 0 Å². The lowest BCUT2D eigenvalue weighted by Crippen LogP contribution is -2.40. The number of nitrogens with zero attached hydrogens (tertiary/aromatic N) is 2. The predicted molar refractivity (Wildman–Crippen MR) is 76.1 cm³/mol. The van der Waals surface area contributed by atoms with Gasteiger partial charge >= 0.3 is 6.03 Å². The van der Waals surface area contributed by atoms with Crippen LogP contribution in [0.5, 0.6) is 0 Å². The number of hydrogen-bond acceptors (Lipinski definition) is 3. The van der Waals surface area contributed by atoms with Crippen molar-refractivity contribution in [1.82, 2.24) is 15.1 Å². The average Bonchev–Trinajstić information content (AvgIpc) is 2.88. The Labute approximate surface area is 129 Å². The van der Waals surface area contributed by atoms with Crippen molar-refractivity contribution in [3.05, 3.63) is 47.5 Å². The van der Waals surface area contributed by atoms with Crippen molar-refractivity contribution in [1.29, 1.82) is 0 Å². The highest BCUT2D eigenvalue weighted by atomic mass is 19.1. The molecular formula is C14H15F3N4O2. The zero-order valence-corrected chi connectivity index (χ0v) is 12.4. The van der Waals surface area contributed by atoms with Crippen LogP contribution in [0.15, 0.2) is 24.5 Å². The van der Waals surface area contributed by atoms with E-state index in [9.17, 15) is 23.1 Å². The molecule has 9 heteroatoms. The van der Waals surface area contributed by atoms with E-state index in [0.717, 1.165) is 0 Å². The maximum Gasteiger partial charge on any atom is 0.319 e. The molecule has 1 aromatic heterocycles. The van der Waals surface area contributed by atoms with Gasteiger partial charge in [-0.25, -0.2) is 18.0 Å². The van der Waals surface area contributed by atoms with Crippen LogP contribution in [0.25, 0.3) is 0 Å². The second kappa shape index (κ2) is 6.29. The highest BCUT2D eigenvalue weighted by Crippen LogP contribution is 2.21. The molecule has 1 atom stereocenters. The normalized spacial score (nSPS) is 13.5. The van der Waals surface area contributed by atoms with Gasteiger partial charge in [0, 0.05) is 30.9 Å². The van der Waals surface area contributed by atoms with Crippen molar-refractivity contribution >= 4 is 11.7 Å². The molecule has 2 aromatic rings. The fourth-order valence-electron chi connectivity index (χ4n) is 1.87. The third kappa shape index (κ3) is 4.01. The number of carbonyl (C=O) groups excluding carboxylic acids is 1. The minimum Gasteiger partial charge on any atom is -0.383 e. The van der Waals surface area contributed by atoms with Gasteiger partial charge < -0.3 is 15.7 Å². The molecule has 2 rings (SSSR count). The number of hydrogen-bond donors (Lipinski definition) is 3. The lowest BCUT2D eigenvalue weighted by atomic mass is 10.00. The molecule has 1 aromatic carbocycles. The number of anilines is 1. The van der Waals surface area contributed by atoms with Gasteiger partial charge in [-0.15, -0.1) is 0 Å². The van der Waals surface area contributed by atoms with E-state index in [0.29, 0.717) is 17.7 Å². The van der Waals surface area contributed by atoms with Gasteiger partial charge in [-0.3, -0.25) is 4.68 Å². The van der Waals surface area contributed by atoms with Gasteiger partial charge in [0.1, 0.15) is 17.1 Å². The SMILES string of the molecule is Cn1cc(C(C)(O)CNC(=O)Nc2c(F)cc(F)cc2F)cn1. The van der Waals surface area contributed by atoms with Crippen LogP contribution in [-0.4, -0.2) is 27.5 Å². The fourth-order valence-corrected chi connectivity index (χ4v) is 1.87. The molecule has 0 spiro atoms. The Morgan fingerprint density at radius 2 is 1.96 bits per heavy atom. The van der Waals surface area contributed by atoms with Gasteiger partial charge in [-0.2, -0.15) is 5.10 Å². The summed E-state index contributed by atoms with van der Waals surface area (Å²) in [7, 11) is 1.67. The van der Waals surface area contributed by atoms with Crippen molar-refractivity contribution in [2.45, 2.75) is 12.5 Å². The predicted octanol–water partition coefficient (Wildman–Crippen LogP) is 1.87. The Bertz CT molecular complexity index is 708. The zero-order valence-electron chi connectivity index (χ0n) is 12.4. The standard InChI is InChI=1S/C14H15F3N4O2/c1-14(23,8-5-19-21(2)6-8)7-18-13(22)20-12-10(16)3-9(15)4-11(12)17/h3-6,23H,7H2,1-2H3,(H2,18,20,22). The largest absolute Gasteiger partial charge is 0.383 e. The van der Waals surface area contributed by atoms with Crippen LogP contribution >= 0.6 is 0 Å². The first kappa shape index (κ1) is 16.8. The average molecular weight is 328 g/mol. The molecule has 6 nitrogen and oxygen atoms in total. The number of rotatable bonds is 4. The summed E-state index contributed by atoms with van der Waals surface area (Å²) in [6, 6.07) is -0.0480. The minimum absolute atomic E-state index is 0.227. The van der Waals surface area contributed by atoms with Gasteiger partial charge in [0.05, 0.1) is 12.7 Å². The Kier molecular flexibility index (Phi) is 4.60. The highest BCUT2D eigenvalue weighted by Gasteiger charge is 2.25. The van der Waals surface area contributed by atoms with E-state index in [1.807, 2.05) is 5.32 Å². The molecule has 23 heavy (non-hydrogen) atoms. The number of carbonyl (C=O) groups is 1. The first-order valence-corrected chi connectivity index (χ1v) is 6.60. The van der Waals surface area contributed by atoms with E-state index in [4.69, 9.17) is 0 Å². The lowest BCUT2D eigenvalue weighted by molar-refractivity contribution is 0.0599. The number of aromatic nitrogens is 2. The molecule has 0 saturated carbocycles. The van der Waals surface area contributed by atoms with Crippen molar-refractivity contribution < 1.29 is 23.1 Å². The van der Waals surface area contributed by atoms with Crippen LogP contribution in [0, 0.1) is 17.5 Å². The number of nitrogens with one attached hydrogen (secondary N) is 2. The fraction of sp³-hybridized carbons (Fsp3) is 0.286. The Morgan fingerprint density at radius 1 is 1.35 bits per heavy atom. The van der Waals surface area contributed by atoms with E-state index in [1.165, 1.54) is 17.8 Å². The molecule has 1 heterocycles. The smallest absolute Gasteiger partial charge is 0.319 e. The molecule has 1 unspecified atom stereocenters. The Morgan fingerprint density at radius 3 is 2.48 bits per heavy atom. The molecule has 0 radical (unpaired) electrons. The number of aryl methyl sites for hydroxylation is 1. The number of amides is 2. The second-order valence-electron chi connectivity index (χ2n) is 5.23. The summed E-state index contributed by atoms with van der Waals surface area (Å²) in [5.74, 6) is -3.57. The van der Waals surface area contributed by atoms with E-state index in [1.54, 1.807) is 13.2 Å². The first-order valence-electron chi connectivity index (χ1n) is 6.60. The molecule has 0 bridgehead atoms. The summed E-state index contributed by atoms with van der Waals surface area (Å²) in [4.78, 5) is 11.7. The van der Waals surface area contributed by atoms with Crippen molar-refractivity contribution in [3.63, 3.8) is 0 Å². The maximum absolute atomic E-state index is 13.4. The number of urea groups is 1. The quantitative estimate of drug-likeness (QED) is 0.802. The Balaban J connectivity index is 2.01. The van der Waals surface area contributed by atoms with Crippen molar-refractivity contribution in [2.75, 3.05) is 11.9 Å². The third-order valence-corrected chi connectivity index (χ3v) is 3.17. The molecule has 0 aliphatic rings. The zero-order chi connectivity index (χ0) is 17.2. The maximum atomic E-state index is 13.4. The Hall–Kier alpha value is -2.55. The van der Waals surface area contributed by atoms with Gasteiger partial charge in [0.15, 0.2) is 11.6 Å². The first-order chi connectivity index (χ1) is 10.7. The highest BCUT2D eigenvalue weighted by molar-refractivity contribution is 5.89. The van der Waals surface area contributed by atoms with Crippen molar-refractivity contribution in [2.24, 2.45) is 7.05 Å². The summed E-state index contributed by atoms with van der Waals surface area (Å²) in [5.41, 5.74) is -1.74. The molecule has 0 aliphatic heterocycles. The van der Waals surface area contributed by atoms with Crippen LogP contribution in [0.4, 0.5) is 23.7 Å². The summed E-state index contributed by atoms with van der Waals surface area (Å²) < 4.78 is 41.1. The second-order valence-corrected chi connectivity index (χ2v) is 5.23. The topological polar surface area (TPSA) is 79.2 Å². The minimum atomic E-state index is -1.43. The van der Waals surface area contributed by atoms with Crippen LogP contribution in [0.3, 0.4) is 0 Å². The number of benzene rings is 1. The monoisotopic (exact) mass is 328 g/mol. The molecule has 0 fully saturated rings. The van der Waals surface area contributed by atoms with E-state index in [2.05, 4.69) is 10.4 Å². The van der Waals surface area contributed by atoms with Gasteiger partial charge in [-0.1, -0.05) is 0 Å². The third-order valence-electron chi connectivity index (χ3n) is 3.17. The number of aliphatic hydroxyl groups is 1.